The largest absolute Gasteiger partial charge is 0.480 e. The molecule has 0 spiro atoms. The number of thiazole rings is 1. The van der Waals surface area contributed by atoms with E-state index in [0.29, 0.717) is 12.2 Å². The number of nitrogens with one attached hydrogen (secondary N) is 1. The summed E-state index contributed by atoms with van der Waals surface area (Å²) in [6.07, 6.45) is 0.313. The van der Waals surface area contributed by atoms with Crippen molar-refractivity contribution in [2.24, 2.45) is 5.41 Å². The Balaban J connectivity index is 2.31. The van der Waals surface area contributed by atoms with Gasteiger partial charge in [0.25, 0.3) is 0 Å². The first-order valence-corrected chi connectivity index (χ1v) is 8.74. The van der Waals surface area contributed by atoms with E-state index in [4.69, 9.17) is 5.11 Å². The molecule has 0 aliphatic carbocycles. The van der Waals surface area contributed by atoms with Gasteiger partial charge in [0.1, 0.15) is 6.04 Å². The van der Waals surface area contributed by atoms with Crippen LogP contribution < -0.4 is 5.32 Å². The number of amides is 1. The second-order valence-corrected chi connectivity index (χ2v) is 8.03. The van der Waals surface area contributed by atoms with Crippen molar-refractivity contribution in [3.63, 3.8) is 0 Å². The first kappa shape index (κ1) is 18.0. The van der Waals surface area contributed by atoms with E-state index in [1.54, 1.807) is 43.9 Å². The van der Waals surface area contributed by atoms with Crippen LogP contribution in [0, 0.1) is 12.3 Å². The van der Waals surface area contributed by atoms with E-state index in [9.17, 15) is 9.59 Å². The number of nitrogens with zero attached hydrogens (tertiary/aromatic N) is 1. The van der Waals surface area contributed by atoms with Gasteiger partial charge in [-0.25, -0.2) is 9.78 Å². The predicted octanol–water partition coefficient (Wildman–Crippen LogP) is 2.69. The van der Waals surface area contributed by atoms with Gasteiger partial charge in [0.15, 0.2) is 0 Å². The highest BCUT2D eigenvalue weighted by atomic mass is 32.2. The highest BCUT2D eigenvalue weighted by molar-refractivity contribution is 7.98. The standard InChI is InChI=1S/C14H22N2O3S2/c1-9-15-10(8-21-9)7-20-6-5-11(17)16-12(13(18)19)14(2,3)4/h8,12H,5-7H2,1-4H3,(H,16,17)(H,18,19)/t12-/m0/s1. The molecule has 1 atom stereocenters. The van der Waals surface area contributed by atoms with Crippen molar-refractivity contribution in [3.05, 3.63) is 16.1 Å². The van der Waals surface area contributed by atoms with Crippen LogP contribution in [-0.4, -0.2) is 33.8 Å². The molecule has 0 saturated heterocycles. The molecule has 1 heterocycles. The number of carboxylic acids is 1. The number of carbonyl (C=O) groups excluding carboxylic acids is 1. The highest BCUT2D eigenvalue weighted by Crippen LogP contribution is 2.20. The Morgan fingerprint density at radius 1 is 1.48 bits per heavy atom. The average Bonchev–Trinajstić information content (AvgIpc) is 2.76. The molecule has 5 nitrogen and oxygen atoms in total. The van der Waals surface area contributed by atoms with Crippen LogP contribution in [-0.2, 0) is 15.3 Å². The van der Waals surface area contributed by atoms with Crippen molar-refractivity contribution < 1.29 is 14.7 Å². The number of hydrogen-bond donors (Lipinski definition) is 2. The van der Waals surface area contributed by atoms with Crippen LogP contribution in [0.1, 0.15) is 37.9 Å². The van der Waals surface area contributed by atoms with Gasteiger partial charge < -0.3 is 10.4 Å². The zero-order valence-electron chi connectivity index (χ0n) is 12.8. The fraction of sp³-hybridized carbons (Fsp3) is 0.643. The van der Waals surface area contributed by atoms with Crippen molar-refractivity contribution in [3.8, 4) is 0 Å². The lowest BCUT2D eigenvalue weighted by Crippen LogP contribution is -2.49. The van der Waals surface area contributed by atoms with E-state index in [2.05, 4.69) is 10.3 Å². The molecule has 0 aliphatic heterocycles. The van der Waals surface area contributed by atoms with Gasteiger partial charge in [-0.15, -0.1) is 11.3 Å². The molecular formula is C14H22N2O3S2. The zero-order valence-corrected chi connectivity index (χ0v) is 14.4. The molecule has 0 aliphatic rings. The minimum absolute atomic E-state index is 0.223. The third kappa shape index (κ3) is 6.48. The van der Waals surface area contributed by atoms with Crippen molar-refractivity contribution in [1.82, 2.24) is 10.3 Å². The lowest BCUT2D eigenvalue weighted by molar-refractivity contribution is -0.144. The number of rotatable bonds is 7. The lowest BCUT2D eigenvalue weighted by atomic mass is 9.87. The van der Waals surface area contributed by atoms with Crippen molar-refractivity contribution in [1.29, 1.82) is 0 Å². The Hall–Kier alpha value is -1.08. The second kappa shape index (κ2) is 7.79. The fourth-order valence-electron chi connectivity index (χ4n) is 1.70. The van der Waals surface area contributed by atoms with Gasteiger partial charge in [-0.05, 0) is 12.3 Å². The third-order valence-electron chi connectivity index (χ3n) is 2.81. The van der Waals surface area contributed by atoms with E-state index < -0.39 is 17.4 Å². The molecular weight excluding hydrogens is 308 g/mol. The van der Waals surface area contributed by atoms with Crippen molar-refractivity contribution >= 4 is 35.0 Å². The number of aromatic nitrogens is 1. The molecule has 7 heteroatoms. The Labute approximate surface area is 133 Å². The van der Waals surface area contributed by atoms with Crippen LogP contribution in [0.25, 0.3) is 0 Å². The highest BCUT2D eigenvalue weighted by Gasteiger charge is 2.32. The maximum absolute atomic E-state index is 11.8. The number of thioether (sulfide) groups is 1. The Kier molecular flexibility index (Phi) is 6.67. The molecule has 2 N–H and O–H groups in total. The Morgan fingerprint density at radius 3 is 2.62 bits per heavy atom. The summed E-state index contributed by atoms with van der Waals surface area (Å²) < 4.78 is 0. The zero-order chi connectivity index (χ0) is 16.0. The van der Waals surface area contributed by atoms with Gasteiger partial charge >= 0.3 is 5.97 Å². The molecule has 0 fully saturated rings. The normalized spacial score (nSPS) is 13.0. The van der Waals surface area contributed by atoms with Crippen LogP contribution in [0.15, 0.2) is 5.38 Å². The summed E-state index contributed by atoms with van der Waals surface area (Å²) >= 11 is 3.24. The van der Waals surface area contributed by atoms with E-state index in [0.717, 1.165) is 16.5 Å². The number of hydrogen-bond acceptors (Lipinski definition) is 5. The molecule has 0 bridgehead atoms. The van der Waals surface area contributed by atoms with Gasteiger partial charge in [-0.3, -0.25) is 4.79 Å². The maximum atomic E-state index is 11.8. The topological polar surface area (TPSA) is 79.3 Å². The molecule has 118 valence electrons. The van der Waals surface area contributed by atoms with Crippen LogP contribution in [0.3, 0.4) is 0 Å². The van der Waals surface area contributed by atoms with Gasteiger partial charge in [0.2, 0.25) is 5.91 Å². The quantitative estimate of drug-likeness (QED) is 0.752. The molecule has 1 rings (SSSR count). The summed E-state index contributed by atoms with van der Waals surface area (Å²) in [6, 6.07) is -0.865. The lowest BCUT2D eigenvalue weighted by Gasteiger charge is -2.27. The first-order valence-electron chi connectivity index (χ1n) is 6.71. The van der Waals surface area contributed by atoms with Crippen LogP contribution >= 0.6 is 23.1 Å². The fourth-order valence-corrected chi connectivity index (χ4v) is 3.25. The average molecular weight is 330 g/mol. The minimum Gasteiger partial charge on any atom is -0.480 e. The van der Waals surface area contributed by atoms with Gasteiger partial charge in [-0.1, -0.05) is 20.8 Å². The van der Waals surface area contributed by atoms with Crippen molar-refractivity contribution in [2.45, 2.75) is 45.9 Å². The van der Waals surface area contributed by atoms with Gasteiger partial charge in [-0.2, -0.15) is 11.8 Å². The van der Waals surface area contributed by atoms with Gasteiger partial charge in [0, 0.05) is 23.3 Å². The predicted molar refractivity (Wildman–Crippen MR) is 86.7 cm³/mol. The Bertz CT molecular complexity index is 495. The molecule has 21 heavy (non-hydrogen) atoms. The Morgan fingerprint density at radius 2 is 2.14 bits per heavy atom. The number of aliphatic carboxylic acids is 1. The first-order chi connectivity index (χ1) is 9.70. The van der Waals surface area contributed by atoms with Crippen LogP contribution in [0.4, 0.5) is 0 Å². The summed E-state index contributed by atoms with van der Waals surface area (Å²) in [7, 11) is 0. The second-order valence-electron chi connectivity index (χ2n) is 5.87. The molecule has 1 amide bonds. The molecule has 1 aromatic rings. The molecule has 0 radical (unpaired) electrons. The smallest absolute Gasteiger partial charge is 0.326 e. The van der Waals surface area contributed by atoms with E-state index in [1.165, 1.54) is 0 Å². The third-order valence-corrected chi connectivity index (χ3v) is 4.62. The molecule has 0 aromatic carbocycles. The number of aryl methyl sites for hydroxylation is 1. The summed E-state index contributed by atoms with van der Waals surface area (Å²) in [5.41, 5.74) is 0.522. The maximum Gasteiger partial charge on any atom is 0.326 e. The van der Waals surface area contributed by atoms with Crippen LogP contribution in [0.2, 0.25) is 0 Å². The summed E-state index contributed by atoms with van der Waals surface area (Å²) in [5.74, 6) is 0.207. The summed E-state index contributed by atoms with van der Waals surface area (Å²) in [5, 5.41) is 14.8. The van der Waals surface area contributed by atoms with E-state index in [1.807, 2.05) is 12.3 Å². The monoisotopic (exact) mass is 330 g/mol. The molecule has 0 saturated carbocycles. The number of carbonyl (C=O) groups is 2. The summed E-state index contributed by atoms with van der Waals surface area (Å²) in [4.78, 5) is 27.3. The SMILES string of the molecule is Cc1nc(CSCCC(=O)N[C@@H](C(=O)O)C(C)(C)C)cs1. The van der Waals surface area contributed by atoms with Gasteiger partial charge in [0.05, 0.1) is 10.7 Å². The summed E-state index contributed by atoms with van der Waals surface area (Å²) in [6.45, 7) is 7.35. The molecule has 0 unspecified atom stereocenters. The minimum atomic E-state index is -0.999. The molecule has 1 aromatic heterocycles. The van der Waals surface area contributed by atoms with Crippen molar-refractivity contribution in [2.75, 3.05) is 5.75 Å². The van der Waals surface area contributed by atoms with E-state index in [-0.39, 0.29) is 5.91 Å². The number of carboxylic acid groups (broad SMARTS) is 1. The van der Waals surface area contributed by atoms with Crippen LogP contribution in [0.5, 0.6) is 0 Å². The van der Waals surface area contributed by atoms with E-state index >= 15 is 0 Å².